The van der Waals surface area contributed by atoms with Crippen LogP contribution in [-0.4, -0.2) is 34.2 Å². The molecule has 0 saturated heterocycles. The Labute approximate surface area is 199 Å². The summed E-state index contributed by atoms with van der Waals surface area (Å²) in [7, 11) is -0.697. The average molecular weight is 479 g/mol. The number of rotatable bonds is 9. The van der Waals surface area contributed by atoms with Crippen molar-refractivity contribution in [3.63, 3.8) is 0 Å². The zero-order valence-electron chi connectivity index (χ0n) is 19.2. The van der Waals surface area contributed by atoms with Crippen LogP contribution in [0.2, 0.25) is 0 Å². The Bertz CT molecular complexity index is 1340. The minimum absolute atomic E-state index is 0.111. The topological polar surface area (TPSA) is 90.7 Å². The predicted molar refractivity (Wildman–Crippen MR) is 130 cm³/mol. The molecule has 0 amide bonds. The fourth-order valence-electron chi connectivity index (χ4n) is 3.40. The first-order valence-electron chi connectivity index (χ1n) is 10.7. The molecule has 4 aromatic rings. The first-order valence-corrected chi connectivity index (χ1v) is 12.2. The summed E-state index contributed by atoms with van der Waals surface area (Å²) in [6, 6.07) is 21.5. The van der Waals surface area contributed by atoms with Gasteiger partial charge in [0.15, 0.2) is 0 Å². The second kappa shape index (κ2) is 10.0. The molecule has 0 atom stereocenters. The molecule has 8 heteroatoms. The van der Waals surface area contributed by atoms with Gasteiger partial charge >= 0.3 is 0 Å². The summed E-state index contributed by atoms with van der Waals surface area (Å²) in [4.78, 5) is 4.54. The molecule has 0 aliphatic rings. The third-order valence-electron chi connectivity index (χ3n) is 5.38. The molecule has 0 saturated carbocycles. The first-order chi connectivity index (χ1) is 16.4. The Morgan fingerprint density at radius 3 is 2.03 bits per heavy atom. The Hall–Kier alpha value is -3.78. The van der Waals surface area contributed by atoms with E-state index < -0.39 is 9.84 Å². The largest absolute Gasteiger partial charge is 0.497 e. The summed E-state index contributed by atoms with van der Waals surface area (Å²) < 4.78 is 43.1. The van der Waals surface area contributed by atoms with E-state index in [1.54, 1.807) is 62.8 Å². The summed E-state index contributed by atoms with van der Waals surface area (Å²) in [5.74, 6) is 1.78. The lowest BCUT2D eigenvalue weighted by atomic mass is 10.1. The number of anilines is 1. The number of aryl methyl sites for hydroxylation is 1. The van der Waals surface area contributed by atoms with E-state index in [1.165, 1.54) is 0 Å². The van der Waals surface area contributed by atoms with Gasteiger partial charge in [0, 0.05) is 12.1 Å². The van der Waals surface area contributed by atoms with Gasteiger partial charge in [-0.2, -0.15) is 4.98 Å². The van der Waals surface area contributed by atoms with Crippen LogP contribution in [0.5, 0.6) is 11.5 Å². The summed E-state index contributed by atoms with van der Waals surface area (Å²) in [5, 5.41) is 2.98. The van der Waals surface area contributed by atoms with Crippen molar-refractivity contribution in [2.24, 2.45) is 0 Å². The monoisotopic (exact) mass is 478 g/mol. The van der Waals surface area contributed by atoms with Gasteiger partial charge in [0.05, 0.1) is 19.1 Å². The summed E-state index contributed by atoms with van der Waals surface area (Å²) >= 11 is 0. The van der Waals surface area contributed by atoms with Gasteiger partial charge in [-0.25, -0.2) is 8.42 Å². The van der Waals surface area contributed by atoms with E-state index in [4.69, 9.17) is 13.9 Å². The van der Waals surface area contributed by atoms with Crippen molar-refractivity contribution in [2.45, 2.75) is 23.3 Å². The smallest absolute Gasteiger partial charge is 0.233 e. The zero-order chi connectivity index (χ0) is 24.1. The van der Waals surface area contributed by atoms with Gasteiger partial charge in [0.25, 0.3) is 0 Å². The second-order valence-electron chi connectivity index (χ2n) is 7.72. The van der Waals surface area contributed by atoms with Gasteiger partial charge in [-0.15, -0.1) is 0 Å². The van der Waals surface area contributed by atoms with Crippen molar-refractivity contribution < 1.29 is 22.3 Å². The van der Waals surface area contributed by atoms with E-state index in [0.717, 1.165) is 16.9 Å². The lowest BCUT2D eigenvalue weighted by Crippen LogP contribution is -2.09. The number of nitrogens with zero attached hydrogens (tertiary/aromatic N) is 1. The summed E-state index contributed by atoms with van der Waals surface area (Å²) in [6.45, 7) is 2.36. The number of hydrogen-bond acceptors (Lipinski definition) is 7. The number of aromatic nitrogens is 1. The van der Waals surface area contributed by atoms with Crippen molar-refractivity contribution in [2.75, 3.05) is 26.1 Å². The molecule has 0 fully saturated rings. The van der Waals surface area contributed by atoms with Gasteiger partial charge < -0.3 is 19.2 Å². The fourth-order valence-corrected chi connectivity index (χ4v) is 4.68. The van der Waals surface area contributed by atoms with Crippen LogP contribution in [-0.2, 0) is 16.3 Å². The summed E-state index contributed by atoms with van der Waals surface area (Å²) in [5.41, 5.74) is 2.69. The highest BCUT2D eigenvalue weighted by Gasteiger charge is 2.28. The quantitative estimate of drug-likeness (QED) is 0.356. The number of sulfone groups is 1. The molecule has 34 heavy (non-hydrogen) atoms. The highest BCUT2D eigenvalue weighted by atomic mass is 32.2. The standard InChI is InChI=1S/C26H26N2O5S/c1-18-4-14-23(15-5-18)34(29,30)26-25(27-17-16-19-6-10-21(31-2)11-7-19)33-24(28-26)20-8-12-22(32-3)13-9-20/h4-15,27H,16-17H2,1-3H3. The van der Waals surface area contributed by atoms with Crippen LogP contribution in [0.1, 0.15) is 11.1 Å². The molecule has 176 valence electrons. The molecule has 1 heterocycles. The van der Waals surface area contributed by atoms with Crippen molar-refractivity contribution in [1.82, 2.24) is 4.98 Å². The lowest BCUT2D eigenvalue weighted by molar-refractivity contribution is 0.414. The number of hydrogen-bond donors (Lipinski definition) is 1. The zero-order valence-corrected chi connectivity index (χ0v) is 20.1. The van der Waals surface area contributed by atoms with Gasteiger partial charge in [-0.1, -0.05) is 29.8 Å². The van der Waals surface area contributed by atoms with E-state index in [2.05, 4.69) is 10.3 Å². The molecule has 0 unspecified atom stereocenters. The van der Waals surface area contributed by atoms with E-state index >= 15 is 0 Å². The van der Waals surface area contributed by atoms with E-state index in [9.17, 15) is 8.42 Å². The number of methoxy groups -OCH3 is 2. The first kappa shape index (κ1) is 23.4. The third kappa shape index (κ3) is 5.07. The number of ether oxygens (including phenoxy) is 2. The molecule has 0 aliphatic carbocycles. The third-order valence-corrected chi connectivity index (χ3v) is 7.06. The molecular weight excluding hydrogens is 452 g/mol. The number of nitrogens with one attached hydrogen (secondary N) is 1. The minimum atomic E-state index is -3.90. The highest BCUT2D eigenvalue weighted by molar-refractivity contribution is 7.91. The Kier molecular flexibility index (Phi) is 6.88. The van der Waals surface area contributed by atoms with Crippen LogP contribution in [0.3, 0.4) is 0 Å². The molecule has 0 aliphatic heterocycles. The van der Waals surface area contributed by atoms with Gasteiger partial charge in [0.2, 0.25) is 26.6 Å². The Morgan fingerprint density at radius 1 is 0.853 bits per heavy atom. The molecule has 4 rings (SSSR count). The van der Waals surface area contributed by atoms with E-state index in [-0.39, 0.29) is 21.7 Å². The molecular formula is C26H26N2O5S. The molecule has 1 N–H and O–H groups in total. The summed E-state index contributed by atoms with van der Waals surface area (Å²) in [6.07, 6.45) is 0.659. The van der Waals surface area contributed by atoms with E-state index in [0.29, 0.717) is 24.3 Å². The molecule has 3 aromatic carbocycles. The van der Waals surface area contributed by atoms with Crippen LogP contribution in [0.15, 0.2) is 87.1 Å². The lowest BCUT2D eigenvalue weighted by Gasteiger charge is -2.07. The second-order valence-corrected chi connectivity index (χ2v) is 9.59. The molecule has 0 spiro atoms. The SMILES string of the molecule is COc1ccc(CCNc2oc(-c3ccc(OC)cc3)nc2S(=O)(=O)c2ccc(C)cc2)cc1. The molecule has 1 aromatic heterocycles. The maximum absolute atomic E-state index is 13.4. The Morgan fingerprint density at radius 2 is 1.44 bits per heavy atom. The number of oxazole rings is 1. The number of benzene rings is 3. The van der Waals surface area contributed by atoms with E-state index in [1.807, 2.05) is 31.2 Å². The molecule has 7 nitrogen and oxygen atoms in total. The van der Waals surface area contributed by atoms with Crippen molar-refractivity contribution in [1.29, 1.82) is 0 Å². The van der Waals surface area contributed by atoms with Crippen LogP contribution in [0.4, 0.5) is 5.88 Å². The maximum atomic E-state index is 13.4. The van der Waals surface area contributed by atoms with Crippen LogP contribution < -0.4 is 14.8 Å². The maximum Gasteiger partial charge on any atom is 0.233 e. The predicted octanol–water partition coefficient (Wildman–Crippen LogP) is 5.15. The van der Waals surface area contributed by atoms with Crippen molar-refractivity contribution in [3.05, 3.63) is 83.9 Å². The normalized spacial score (nSPS) is 11.3. The van der Waals surface area contributed by atoms with Crippen molar-refractivity contribution >= 4 is 15.7 Å². The average Bonchev–Trinajstić information content (AvgIpc) is 3.30. The van der Waals surface area contributed by atoms with Crippen molar-refractivity contribution in [3.8, 4) is 23.0 Å². The van der Waals surface area contributed by atoms with Crippen LogP contribution in [0.25, 0.3) is 11.5 Å². The van der Waals surface area contributed by atoms with Gasteiger partial charge in [0.1, 0.15) is 11.5 Å². The van der Waals surface area contributed by atoms with Gasteiger partial charge in [-0.05, 0) is 67.4 Å². The Balaban J connectivity index is 1.64. The molecule has 0 radical (unpaired) electrons. The van der Waals surface area contributed by atoms with Crippen LogP contribution in [0, 0.1) is 6.92 Å². The molecule has 0 bridgehead atoms. The highest BCUT2D eigenvalue weighted by Crippen LogP contribution is 2.33. The fraction of sp³-hybridized carbons (Fsp3) is 0.192. The van der Waals surface area contributed by atoms with Crippen LogP contribution >= 0.6 is 0 Å². The van der Waals surface area contributed by atoms with Gasteiger partial charge in [-0.3, -0.25) is 0 Å². The minimum Gasteiger partial charge on any atom is -0.497 e.